The summed E-state index contributed by atoms with van der Waals surface area (Å²) in [4.78, 5) is 3.73. The molecule has 1 fully saturated rings. The number of rotatable bonds is 4. The van der Waals surface area contributed by atoms with Crippen molar-refractivity contribution in [2.75, 3.05) is 38.3 Å². The van der Waals surface area contributed by atoms with Crippen LogP contribution in [0.2, 0.25) is 0 Å². The zero-order valence-electron chi connectivity index (χ0n) is 19.6. The molecule has 0 unspecified atom stereocenters. The Balaban J connectivity index is 0.000000392. The smallest absolute Gasteiger partial charge is 0.485 e. The summed E-state index contributed by atoms with van der Waals surface area (Å²) in [5, 5.41) is 1.13. The van der Waals surface area contributed by atoms with Gasteiger partial charge in [-0.3, -0.25) is 0 Å². The number of thiazole rings is 1. The van der Waals surface area contributed by atoms with Crippen LogP contribution in [0.1, 0.15) is 23.6 Å². The number of sulfonamides is 1. The lowest BCUT2D eigenvalue weighted by Crippen LogP contribution is -2.50. The zero-order chi connectivity index (χ0) is 26.9. The molecule has 202 valence electrons. The first-order chi connectivity index (χ1) is 16.7. The number of fused-ring (bicyclic) bond motifs is 1. The monoisotopic (exact) mass is 573 g/mol. The summed E-state index contributed by atoms with van der Waals surface area (Å²) in [7, 11) is -6.05. The minimum absolute atomic E-state index is 0.293. The molecule has 0 bridgehead atoms. The normalized spacial score (nSPS) is 21.5. The third kappa shape index (κ3) is 5.84. The first kappa shape index (κ1) is 28.7. The van der Waals surface area contributed by atoms with Crippen LogP contribution in [0.3, 0.4) is 0 Å². The number of ether oxygens (including phenoxy) is 2. The Bertz CT molecular complexity index is 1260. The van der Waals surface area contributed by atoms with Gasteiger partial charge in [-0.05, 0) is 30.4 Å². The summed E-state index contributed by atoms with van der Waals surface area (Å²) in [5.74, 6) is 0. The van der Waals surface area contributed by atoms with Gasteiger partial charge in [0.05, 0.1) is 42.6 Å². The summed E-state index contributed by atoms with van der Waals surface area (Å²) in [6.07, 6.45) is -0.298. The lowest BCUT2D eigenvalue weighted by atomic mass is 10.1. The van der Waals surface area contributed by atoms with Crippen LogP contribution in [0.15, 0.2) is 35.2 Å². The SMILES string of the molecule is CO[C@H]1c2sc(N3CCOCC3)[n+](C)c2CN(S(=O)(=O)c2ccccc2)[C@H]1C.O=S(=O)([O-])C(F)(F)F. The van der Waals surface area contributed by atoms with Gasteiger partial charge >= 0.3 is 10.6 Å². The number of halogens is 3. The van der Waals surface area contributed by atoms with Gasteiger partial charge in [-0.1, -0.05) is 18.2 Å². The highest BCUT2D eigenvalue weighted by Crippen LogP contribution is 2.41. The second-order valence-corrected chi connectivity index (χ2v) is 12.3. The van der Waals surface area contributed by atoms with Crippen LogP contribution in [-0.4, -0.2) is 70.7 Å². The van der Waals surface area contributed by atoms with Crippen molar-refractivity contribution in [3.63, 3.8) is 0 Å². The number of aromatic nitrogens is 1. The van der Waals surface area contributed by atoms with Crippen LogP contribution in [0.4, 0.5) is 18.3 Å². The van der Waals surface area contributed by atoms with Gasteiger partial charge in [-0.2, -0.15) is 17.5 Å². The van der Waals surface area contributed by atoms with E-state index < -0.39 is 25.6 Å². The Morgan fingerprint density at radius 2 is 1.69 bits per heavy atom. The minimum atomic E-state index is -6.09. The van der Waals surface area contributed by atoms with E-state index in [4.69, 9.17) is 22.4 Å². The fraction of sp³-hybridized carbons (Fsp3) is 0.550. The third-order valence-corrected chi connectivity index (χ3v) is 9.72. The molecule has 2 atom stereocenters. The van der Waals surface area contributed by atoms with Crippen molar-refractivity contribution >= 4 is 36.6 Å². The summed E-state index contributed by atoms with van der Waals surface area (Å²) in [6, 6.07) is 8.32. The number of alkyl halides is 3. The summed E-state index contributed by atoms with van der Waals surface area (Å²) >= 11 is 1.70. The van der Waals surface area contributed by atoms with Gasteiger partial charge in [0.2, 0.25) is 10.0 Å². The Hall–Kier alpha value is -1.82. The number of nitrogens with zero attached hydrogens (tertiary/aromatic N) is 3. The molecule has 0 radical (unpaired) electrons. The molecule has 2 aromatic rings. The second kappa shape index (κ2) is 10.9. The van der Waals surface area contributed by atoms with Gasteiger partial charge in [-0.25, -0.2) is 26.3 Å². The molecular formula is C20H26F3N3O7S3. The molecule has 2 aliphatic rings. The molecule has 0 aliphatic carbocycles. The highest BCUT2D eigenvalue weighted by Gasteiger charge is 2.45. The summed E-state index contributed by atoms with van der Waals surface area (Å²) < 4.78 is 101. The molecule has 1 aromatic carbocycles. The molecule has 0 saturated carbocycles. The van der Waals surface area contributed by atoms with Crippen molar-refractivity contribution in [2.45, 2.75) is 36.0 Å². The second-order valence-electron chi connectivity index (χ2n) is 8.01. The maximum Gasteiger partial charge on any atom is 0.485 e. The van der Waals surface area contributed by atoms with Gasteiger partial charge in [-0.15, -0.1) is 0 Å². The van der Waals surface area contributed by atoms with E-state index in [2.05, 4.69) is 9.47 Å². The number of hydrogen-bond acceptors (Lipinski definition) is 9. The van der Waals surface area contributed by atoms with Gasteiger partial charge in [0, 0.05) is 7.11 Å². The predicted octanol–water partition coefficient (Wildman–Crippen LogP) is 1.74. The molecule has 0 N–H and O–H groups in total. The van der Waals surface area contributed by atoms with Gasteiger partial charge in [0.1, 0.15) is 24.9 Å². The van der Waals surface area contributed by atoms with Crippen LogP contribution in [0, 0.1) is 0 Å². The largest absolute Gasteiger partial charge is 0.741 e. The van der Waals surface area contributed by atoms with E-state index in [9.17, 15) is 21.6 Å². The van der Waals surface area contributed by atoms with E-state index in [-0.39, 0.29) is 12.1 Å². The minimum Gasteiger partial charge on any atom is -0.741 e. The molecule has 2 aliphatic heterocycles. The maximum atomic E-state index is 13.3. The molecule has 4 rings (SSSR count). The molecule has 1 aromatic heterocycles. The first-order valence-electron chi connectivity index (χ1n) is 10.7. The number of hydrogen-bond donors (Lipinski definition) is 0. The lowest BCUT2D eigenvalue weighted by Gasteiger charge is -2.36. The van der Waals surface area contributed by atoms with E-state index in [0.29, 0.717) is 24.7 Å². The van der Waals surface area contributed by atoms with Crippen molar-refractivity contribution in [3.8, 4) is 0 Å². The van der Waals surface area contributed by atoms with E-state index in [1.54, 1.807) is 47.0 Å². The molecule has 1 saturated heterocycles. The summed E-state index contributed by atoms with van der Waals surface area (Å²) in [5.41, 5.74) is -4.65. The fourth-order valence-corrected chi connectivity index (χ4v) is 7.04. The van der Waals surface area contributed by atoms with Crippen molar-refractivity contribution in [3.05, 3.63) is 40.9 Å². The first-order valence-corrected chi connectivity index (χ1v) is 14.3. The predicted molar refractivity (Wildman–Crippen MR) is 123 cm³/mol. The lowest BCUT2D eigenvalue weighted by molar-refractivity contribution is -0.664. The Morgan fingerprint density at radius 3 is 2.19 bits per heavy atom. The quantitative estimate of drug-likeness (QED) is 0.308. The van der Waals surface area contributed by atoms with E-state index >= 15 is 0 Å². The van der Waals surface area contributed by atoms with E-state index in [1.165, 1.54) is 0 Å². The Morgan fingerprint density at radius 1 is 1.14 bits per heavy atom. The molecule has 36 heavy (non-hydrogen) atoms. The molecular weight excluding hydrogens is 547 g/mol. The molecule has 3 heterocycles. The third-order valence-electron chi connectivity index (χ3n) is 5.80. The van der Waals surface area contributed by atoms with Gasteiger partial charge < -0.3 is 14.0 Å². The molecule has 0 amide bonds. The number of anilines is 1. The van der Waals surface area contributed by atoms with E-state index in [1.807, 2.05) is 20.0 Å². The Labute approximate surface area is 211 Å². The Kier molecular flexibility index (Phi) is 8.69. The van der Waals surface area contributed by atoms with Crippen molar-refractivity contribution in [1.29, 1.82) is 0 Å². The van der Waals surface area contributed by atoms with Crippen LogP contribution in [0.25, 0.3) is 0 Å². The van der Waals surface area contributed by atoms with Crippen molar-refractivity contribution in [1.82, 2.24) is 4.31 Å². The summed E-state index contributed by atoms with van der Waals surface area (Å²) in [6.45, 7) is 5.36. The van der Waals surface area contributed by atoms with Gasteiger partial charge in [0.25, 0.3) is 0 Å². The van der Waals surface area contributed by atoms with Crippen LogP contribution >= 0.6 is 11.3 Å². The fourth-order valence-electron chi connectivity index (χ4n) is 3.94. The van der Waals surface area contributed by atoms with Crippen molar-refractivity contribution < 1.29 is 48.6 Å². The zero-order valence-corrected chi connectivity index (χ0v) is 22.1. The van der Waals surface area contributed by atoms with Gasteiger partial charge in [0.15, 0.2) is 10.1 Å². The maximum absolute atomic E-state index is 13.3. The topological polar surface area (TPSA) is 120 Å². The molecule has 16 heteroatoms. The average Bonchev–Trinajstić information content (AvgIpc) is 3.15. The average molecular weight is 574 g/mol. The number of morpholine rings is 1. The van der Waals surface area contributed by atoms with Crippen LogP contribution < -0.4 is 9.47 Å². The van der Waals surface area contributed by atoms with Crippen LogP contribution in [0.5, 0.6) is 0 Å². The highest BCUT2D eigenvalue weighted by atomic mass is 32.2. The molecule has 10 nitrogen and oxygen atoms in total. The van der Waals surface area contributed by atoms with Crippen molar-refractivity contribution in [2.24, 2.45) is 7.05 Å². The number of benzene rings is 1. The van der Waals surface area contributed by atoms with Crippen LogP contribution in [-0.2, 0) is 43.2 Å². The standard InChI is InChI=1S/C19H26N3O4S2.CHF3O3S/c1-14-17(25-3)18-16(20(2)19(27-18)21-9-11-26-12-10-21)13-22(14)28(23,24)15-7-5-4-6-8-15;2-1(3,4)8(5,6)7/h4-8,14,17H,9-13H2,1-3H3;(H,5,6,7)/q+1;/p-1/t14-,17+;/m0./s1. The highest BCUT2D eigenvalue weighted by molar-refractivity contribution is 7.89. The van der Waals surface area contributed by atoms with E-state index in [0.717, 1.165) is 28.8 Å². The molecule has 0 spiro atoms. The number of methoxy groups -OCH3 is 1.